The molecular weight excluding hydrogens is 949 g/mol. The van der Waals surface area contributed by atoms with E-state index in [2.05, 4.69) is 69.4 Å². The number of carbonyl (C=O) groups excluding carboxylic acids is 3. The first-order valence-corrected chi connectivity index (χ1v) is 34.1. The van der Waals surface area contributed by atoms with Crippen LogP contribution >= 0.6 is 0 Å². The maximum atomic E-state index is 12.9. The van der Waals surface area contributed by atoms with Crippen molar-refractivity contribution in [1.82, 2.24) is 0 Å². The third-order valence-corrected chi connectivity index (χ3v) is 15.3. The Hall–Kier alpha value is -2.63. The van der Waals surface area contributed by atoms with Crippen molar-refractivity contribution in [2.75, 3.05) is 13.2 Å². The summed E-state index contributed by atoms with van der Waals surface area (Å²) < 4.78 is 17.0. The van der Waals surface area contributed by atoms with Crippen molar-refractivity contribution in [2.24, 2.45) is 0 Å². The average molecular weight is 1080 g/mol. The lowest BCUT2D eigenvalue weighted by molar-refractivity contribution is -0.167. The average Bonchev–Trinajstić information content (AvgIpc) is 3.43. The smallest absolute Gasteiger partial charge is 0.306 e. The van der Waals surface area contributed by atoms with E-state index in [-0.39, 0.29) is 31.1 Å². The summed E-state index contributed by atoms with van der Waals surface area (Å²) >= 11 is 0. The van der Waals surface area contributed by atoms with Crippen molar-refractivity contribution >= 4 is 17.9 Å². The fourth-order valence-corrected chi connectivity index (χ4v) is 10.2. The molecule has 0 bridgehead atoms. The van der Waals surface area contributed by atoms with E-state index in [1.165, 1.54) is 244 Å². The molecule has 0 saturated carbocycles. The van der Waals surface area contributed by atoms with Crippen LogP contribution in [0.4, 0.5) is 0 Å². The standard InChI is InChI=1S/C71H130O6/c1-4-7-10-13-16-19-22-25-28-30-32-34-35-37-38-40-43-46-49-52-55-58-61-64-70(73)76-67-68(66-75-69(72)63-60-57-54-51-48-45-42-27-24-21-18-15-12-9-6-3)77-71(74)65-62-59-56-53-50-47-44-41-39-36-33-31-29-26-23-20-17-14-11-8-5-2/h18,21-22,25,27,30,32,42,68H,4-17,19-20,23-24,26,28-29,31,33-41,43-67H2,1-3H3/b21-18-,25-22-,32-30-,42-27-. The third-order valence-electron chi connectivity index (χ3n) is 15.3. The Morgan fingerprint density at radius 3 is 0.740 bits per heavy atom. The molecule has 0 radical (unpaired) electrons. The monoisotopic (exact) mass is 1080 g/mol. The van der Waals surface area contributed by atoms with E-state index in [4.69, 9.17) is 14.2 Å². The molecule has 0 aromatic heterocycles. The second kappa shape index (κ2) is 65.9. The SMILES string of the molecule is CCCCC/C=C\C/C=C\CCCCCCCC(=O)OCC(COC(=O)CCCCCCCCCCCCC/C=C\C/C=C\CCCCCCC)OC(=O)CCCCCCCCCCCCCCCCCCCCCCC. The van der Waals surface area contributed by atoms with Crippen LogP contribution in [0.3, 0.4) is 0 Å². The number of rotatable bonds is 63. The molecule has 0 aliphatic carbocycles. The van der Waals surface area contributed by atoms with Crippen LogP contribution in [0.25, 0.3) is 0 Å². The summed E-state index contributed by atoms with van der Waals surface area (Å²) in [5.74, 6) is -0.866. The normalized spacial score (nSPS) is 12.3. The molecule has 0 N–H and O–H groups in total. The second-order valence-electron chi connectivity index (χ2n) is 23.1. The zero-order valence-electron chi connectivity index (χ0n) is 51.7. The van der Waals surface area contributed by atoms with E-state index in [0.717, 1.165) is 83.5 Å². The van der Waals surface area contributed by atoms with Gasteiger partial charge in [-0.1, -0.05) is 313 Å². The summed E-state index contributed by atoms with van der Waals surface area (Å²) in [7, 11) is 0. The van der Waals surface area contributed by atoms with Gasteiger partial charge in [0.1, 0.15) is 13.2 Å². The van der Waals surface area contributed by atoms with Crippen LogP contribution in [0.5, 0.6) is 0 Å². The van der Waals surface area contributed by atoms with Crippen LogP contribution < -0.4 is 0 Å². The van der Waals surface area contributed by atoms with Crippen molar-refractivity contribution in [3.05, 3.63) is 48.6 Å². The Labute approximate surface area is 479 Å². The molecule has 1 atom stereocenters. The van der Waals surface area contributed by atoms with Gasteiger partial charge in [0.05, 0.1) is 0 Å². The predicted molar refractivity (Wildman–Crippen MR) is 335 cm³/mol. The molecule has 0 amide bonds. The van der Waals surface area contributed by atoms with Crippen molar-refractivity contribution in [1.29, 1.82) is 0 Å². The lowest BCUT2D eigenvalue weighted by Crippen LogP contribution is -2.30. The van der Waals surface area contributed by atoms with Gasteiger partial charge < -0.3 is 14.2 Å². The Morgan fingerprint density at radius 1 is 0.260 bits per heavy atom. The predicted octanol–water partition coefficient (Wildman–Crippen LogP) is 23.3. The summed E-state index contributed by atoms with van der Waals surface area (Å²) in [6, 6.07) is 0. The summed E-state index contributed by atoms with van der Waals surface area (Å²) in [5, 5.41) is 0. The Morgan fingerprint density at radius 2 is 0.468 bits per heavy atom. The highest BCUT2D eigenvalue weighted by molar-refractivity contribution is 5.71. The van der Waals surface area contributed by atoms with E-state index in [1.54, 1.807) is 0 Å². The van der Waals surface area contributed by atoms with E-state index < -0.39 is 6.10 Å². The lowest BCUT2D eigenvalue weighted by Gasteiger charge is -2.18. The molecular formula is C71H130O6. The van der Waals surface area contributed by atoms with Gasteiger partial charge in [-0.3, -0.25) is 14.4 Å². The minimum atomic E-state index is -0.779. The fourth-order valence-electron chi connectivity index (χ4n) is 10.2. The van der Waals surface area contributed by atoms with Gasteiger partial charge in [-0.15, -0.1) is 0 Å². The number of hydrogen-bond donors (Lipinski definition) is 0. The first-order valence-electron chi connectivity index (χ1n) is 34.1. The molecule has 77 heavy (non-hydrogen) atoms. The zero-order valence-corrected chi connectivity index (χ0v) is 51.7. The highest BCUT2D eigenvalue weighted by Gasteiger charge is 2.19. The van der Waals surface area contributed by atoms with Crippen LogP contribution in [0.1, 0.15) is 367 Å². The van der Waals surface area contributed by atoms with E-state index >= 15 is 0 Å². The summed E-state index contributed by atoms with van der Waals surface area (Å²) in [6.07, 6.45) is 82.7. The van der Waals surface area contributed by atoms with Crippen molar-refractivity contribution < 1.29 is 28.6 Å². The molecule has 6 nitrogen and oxygen atoms in total. The Kier molecular flexibility index (Phi) is 63.6. The number of allylic oxidation sites excluding steroid dienone is 8. The number of unbranched alkanes of at least 4 members (excludes halogenated alkanes) is 44. The fraction of sp³-hybridized carbons (Fsp3) is 0.845. The first-order chi connectivity index (χ1) is 38.0. The molecule has 0 aliphatic heterocycles. The van der Waals surface area contributed by atoms with Gasteiger partial charge in [-0.05, 0) is 83.5 Å². The molecule has 0 aromatic carbocycles. The van der Waals surface area contributed by atoms with Crippen LogP contribution in [0.2, 0.25) is 0 Å². The molecule has 450 valence electrons. The van der Waals surface area contributed by atoms with Crippen molar-refractivity contribution in [3.63, 3.8) is 0 Å². The number of esters is 3. The summed E-state index contributed by atoms with van der Waals surface area (Å²) in [5.41, 5.74) is 0. The largest absolute Gasteiger partial charge is 0.462 e. The van der Waals surface area contributed by atoms with Gasteiger partial charge in [-0.25, -0.2) is 0 Å². The van der Waals surface area contributed by atoms with Gasteiger partial charge in [0, 0.05) is 19.3 Å². The van der Waals surface area contributed by atoms with Crippen LogP contribution in [0, 0.1) is 0 Å². The minimum Gasteiger partial charge on any atom is -0.462 e. The highest BCUT2D eigenvalue weighted by atomic mass is 16.6. The minimum absolute atomic E-state index is 0.0749. The van der Waals surface area contributed by atoms with Crippen LogP contribution in [-0.2, 0) is 28.6 Å². The zero-order chi connectivity index (χ0) is 55.7. The molecule has 0 rings (SSSR count). The lowest BCUT2D eigenvalue weighted by atomic mass is 10.0. The molecule has 0 spiro atoms. The summed E-state index contributed by atoms with van der Waals surface area (Å²) in [6.45, 7) is 6.66. The van der Waals surface area contributed by atoms with Crippen molar-refractivity contribution in [3.8, 4) is 0 Å². The molecule has 1 unspecified atom stereocenters. The number of ether oxygens (including phenoxy) is 3. The molecule has 6 heteroatoms. The van der Waals surface area contributed by atoms with Crippen molar-refractivity contribution in [2.45, 2.75) is 374 Å². The quantitative estimate of drug-likeness (QED) is 0.0261. The molecule has 0 fully saturated rings. The Balaban J connectivity index is 4.31. The van der Waals surface area contributed by atoms with E-state index in [0.29, 0.717) is 19.3 Å². The van der Waals surface area contributed by atoms with Gasteiger partial charge in [-0.2, -0.15) is 0 Å². The Bertz CT molecular complexity index is 1330. The molecule has 0 saturated heterocycles. The number of hydrogen-bond acceptors (Lipinski definition) is 6. The first kappa shape index (κ1) is 74.4. The van der Waals surface area contributed by atoms with Gasteiger partial charge in [0.15, 0.2) is 6.10 Å². The van der Waals surface area contributed by atoms with Crippen LogP contribution in [0.15, 0.2) is 48.6 Å². The topological polar surface area (TPSA) is 78.9 Å². The maximum Gasteiger partial charge on any atom is 0.306 e. The molecule has 0 heterocycles. The second-order valence-corrected chi connectivity index (χ2v) is 23.1. The van der Waals surface area contributed by atoms with Gasteiger partial charge >= 0.3 is 17.9 Å². The third kappa shape index (κ3) is 64.1. The van der Waals surface area contributed by atoms with E-state index in [9.17, 15) is 14.4 Å². The number of carbonyl (C=O) groups is 3. The van der Waals surface area contributed by atoms with Gasteiger partial charge in [0.25, 0.3) is 0 Å². The molecule has 0 aromatic rings. The summed E-state index contributed by atoms with van der Waals surface area (Å²) in [4.78, 5) is 38.4. The van der Waals surface area contributed by atoms with Gasteiger partial charge in [0.2, 0.25) is 0 Å². The highest BCUT2D eigenvalue weighted by Crippen LogP contribution is 2.18. The van der Waals surface area contributed by atoms with Crippen LogP contribution in [-0.4, -0.2) is 37.2 Å². The van der Waals surface area contributed by atoms with E-state index in [1.807, 2.05) is 0 Å². The molecule has 0 aliphatic rings. The maximum absolute atomic E-state index is 12.9.